The fourth-order valence-electron chi connectivity index (χ4n) is 0.914. The molecule has 0 aromatic carbocycles. The number of hydrogen-bond acceptors (Lipinski definition) is 0. The normalized spacial score (nSPS) is 12.2. The minimum absolute atomic E-state index is 0.192. The maximum absolute atomic E-state index is 5.68. The van der Waals surface area contributed by atoms with Crippen LogP contribution < -0.4 is 0 Å². The first-order chi connectivity index (χ1) is 5.41. The highest BCUT2D eigenvalue weighted by atomic mass is 35.6. The summed E-state index contributed by atoms with van der Waals surface area (Å²) >= 11 is 5.68. The zero-order valence-electron chi connectivity index (χ0n) is 7.48. The Hall–Kier alpha value is 0.247. The summed E-state index contributed by atoms with van der Waals surface area (Å²) in [6, 6.07) is 1.29. The molecule has 0 spiro atoms. The molecule has 0 aromatic heterocycles. The summed E-state index contributed by atoms with van der Waals surface area (Å²) in [5.41, 5.74) is 0. The zero-order chi connectivity index (χ0) is 8.36. The van der Waals surface area contributed by atoms with E-state index >= 15 is 0 Å². The maximum atomic E-state index is 5.68. The van der Waals surface area contributed by atoms with E-state index in [9.17, 15) is 0 Å². The van der Waals surface area contributed by atoms with Crippen molar-refractivity contribution in [2.45, 2.75) is 45.1 Å². The number of rotatable bonds is 7. The summed E-state index contributed by atoms with van der Waals surface area (Å²) in [6.45, 7) is 2.23. The predicted octanol–water partition coefficient (Wildman–Crippen LogP) is 3.25. The molecule has 0 saturated carbocycles. The van der Waals surface area contributed by atoms with E-state index in [1.165, 1.54) is 38.1 Å². The van der Waals surface area contributed by atoms with E-state index in [0.29, 0.717) is 0 Å². The molecule has 0 saturated heterocycles. The summed E-state index contributed by atoms with van der Waals surface area (Å²) in [5.74, 6) is 0. The van der Waals surface area contributed by atoms with Gasteiger partial charge in [0, 0.05) is 0 Å². The van der Waals surface area contributed by atoms with Gasteiger partial charge in [-0.3, -0.25) is 0 Å². The molecule has 0 aromatic rings. The van der Waals surface area contributed by atoms with Crippen LogP contribution in [0.3, 0.4) is 0 Å². The molecule has 0 aliphatic heterocycles. The molecule has 0 rings (SSSR count). The Morgan fingerprint density at radius 1 is 1.18 bits per heavy atom. The Morgan fingerprint density at radius 2 is 1.82 bits per heavy atom. The molecule has 11 heavy (non-hydrogen) atoms. The smallest absolute Gasteiger partial charge is 0.125 e. The largest absolute Gasteiger partial charge is 0.176 e. The van der Waals surface area contributed by atoms with Crippen LogP contribution in [-0.2, 0) is 0 Å². The molecule has 0 aliphatic carbocycles. The molecule has 0 bridgehead atoms. The Balaban J connectivity index is 2.91. The van der Waals surface area contributed by atoms with Crippen molar-refractivity contribution in [3.05, 3.63) is 12.2 Å². The van der Waals surface area contributed by atoms with Gasteiger partial charge in [-0.15, -0.1) is 0 Å². The molecular weight excluding hydrogens is 172 g/mol. The number of halogens is 1. The van der Waals surface area contributed by atoms with Crippen LogP contribution in [0.4, 0.5) is 0 Å². The summed E-state index contributed by atoms with van der Waals surface area (Å²) in [4.78, 5) is 0. The van der Waals surface area contributed by atoms with Crippen LogP contribution in [0.5, 0.6) is 0 Å². The van der Waals surface area contributed by atoms with Gasteiger partial charge in [0.2, 0.25) is 0 Å². The van der Waals surface area contributed by atoms with Crippen LogP contribution in [0.2, 0.25) is 6.04 Å². The van der Waals surface area contributed by atoms with Crippen LogP contribution in [0.15, 0.2) is 12.2 Å². The van der Waals surface area contributed by atoms with E-state index < -0.39 is 0 Å². The second-order valence-corrected chi connectivity index (χ2v) is 5.02. The summed E-state index contributed by atoms with van der Waals surface area (Å²) in [6.07, 6.45) is 11.0. The van der Waals surface area contributed by atoms with Gasteiger partial charge in [-0.1, -0.05) is 38.3 Å². The average molecular weight is 191 g/mol. The quantitative estimate of drug-likeness (QED) is 0.250. The summed E-state index contributed by atoms with van der Waals surface area (Å²) < 4.78 is 0. The maximum Gasteiger partial charge on any atom is 0.125 e. The standard InChI is InChI=1S/C9H19ClSi/c1-2-3-4-5-6-7-8-9-11-10/h5-6H,2-4,7-9,11H2,1H3. The Labute approximate surface area is 77.6 Å². The highest BCUT2D eigenvalue weighted by molar-refractivity contribution is 6.93. The van der Waals surface area contributed by atoms with Crippen LogP contribution in [0.1, 0.15) is 39.0 Å². The molecule has 0 aliphatic rings. The fraction of sp³-hybridized carbons (Fsp3) is 0.778. The van der Waals surface area contributed by atoms with E-state index in [1.54, 1.807) is 0 Å². The van der Waals surface area contributed by atoms with Gasteiger partial charge >= 0.3 is 0 Å². The molecular formula is C9H19ClSi. The molecule has 0 atom stereocenters. The topological polar surface area (TPSA) is 0 Å². The molecule has 0 unspecified atom stereocenters. The summed E-state index contributed by atoms with van der Waals surface area (Å²) in [5, 5.41) is 0. The molecule has 0 fully saturated rings. The molecule has 0 radical (unpaired) electrons. The lowest BCUT2D eigenvalue weighted by Gasteiger charge is -1.90. The van der Waals surface area contributed by atoms with Gasteiger partial charge in [-0.05, 0) is 18.9 Å². The monoisotopic (exact) mass is 190 g/mol. The van der Waals surface area contributed by atoms with Crippen molar-refractivity contribution >= 4 is 19.9 Å². The van der Waals surface area contributed by atoms with Gasteiger partial charge in [0.1, 0.15) is 8.83 Å². The van der Waals surface area contributed by atoms with Gasteiger partial charge < -0.3 is 0 Å². The third kappa shape index (κ3) is 10.2. The highest BCUT2D eigenvalue weighted by Crippen LogP contribution is 2.00. The summed E-state index contributed by atoms with van der Waals surface area (Å²) in [7, 11) is -0.192. The van der Waals surface area contributed by atoms with Crippen molar-refractivity contribution in [3.63, 3.8) is 0 Å². The van der Waals surface area contributed by atoms with E-state index in [4.69, 9.17) is 11.1 Å². The van der Waals surface area contributed by atoms with Crippen LogP contribution in [0.25, 0.3) is 0 Å². The van der Waals surface area contributed by atoms with Crippen molar-refractivity contribution < 1.29 is 0 Å². The third-order valence-electron chi connectivity index (χ3n) is 1.65. The van der Waals surface area contributed by atoms with Crippen molar-refractivity contribution in [1.82, 2.24) is 0 Å². The minimum atomic E-state index is -0.192. The van der Waals surface area contributed by atoms with Gasteiger partial charge in [-0.2, -0.15) is 11.1 Å². The lowest BCUT2D eigenvalue weighted by atomic mass is 10.2. The molecule has 0 heterocycles. The Bertz CT molecular complexity index is 91.6. The zero-order valence-corrected chi connectivity index (χ0v) is 9.65. The second kappa shape index (κ2) is 10.2. The van der Waals surface area contributed by atoms with E-state index in [0.717, 1.165) is 0 Å². The van der Waals surface area contributed by atoms with Gasteiger partial charge in [0.25, 0.3) is 0 Å². The van der Waals surface area contributed by atoms with Crippen molar-refractivity contribution in [1.29, 1.82) is 0 Å². The third-order valence-corrected chi connectivity index (χ3v) is 3.21. The first-order valence-corrected chi connectivity index (χ1v) is 7.76. The van der Waals surface area contributed by atoms with Crippen molar-refractivity contribution in [2.24, 2.45) is 0 Å². The molecule has 0 amide bonds. The van der Waals surface area contributed by atoms with Gasteiger partial charge in [0.05, 0.1) is 0 Å². The fourth-order valence-corrected chi connectivity index (χ4v) is 1.96. The van der Waals surface area contributed by atoms with Gasteiger partial charge in [0.15, 0.2) is 0 Å². The minimum Gasteiger partial charge on any atom is -0.176 e. The number of hydrogen-bond donors (Lipinski definition) is 0. The lowest BCUT2D eigenvalue weighted by molar-refractivity contribution is 0.810. The Morgan fingerprint density at radius 3 is 2.36 bits per heavy atom. The average Bonchev–Trinajstić information content (AvgIpc) is 2.03. The number of unbranched alkanes of at least 4 members (excludes halogenated alkanes) is 3. The van der Waals surface area contributed by atoms with Crippen LogP contribution in [0, 0.1) is 0 Å². The van der Waals surface area contributed by atoms with E-state index in [1.807, 2.05) is 0 Å². The second-order valence-electron chi connectivity index (χ2n) is 2.80. The van der Waals surface area contributed by atoms with Crippen LogP contribution >= 0.6 is 11.1 Å². The van der Waals surface area contributed by atoms with Gasteiger partial charge in [-0.25, -0.2) is 0 Å². The predicted molar refractivity (Wildman–Crippen MR) is 57.1 cm³/mol. The van der Waals surface area contributed by atoms with E-state index in [2.05, 4.69) is 19.1 Å². The van der Waals surface area contributed by atoms with E-state index in [-0.39, 0.29) is 8.83 Å². The first kappa shape index (κ1) is 11.2. The SMILES string of the molecule is CCCCC=CCCC[SiH2]Cl. The van der Waals surface area contributed by atoms with Crippen LogP contribution in [-0.4, -0.2) is 8.83 Å². The molecule has 0 N–H and O–H groups in total. The first-order valence-electron chi connectivity index (χ1n) is 4.62. The Kier molecular flexibility index (Phi) is 10.5. The molecule has 0 nitrogen and oxygen atoms in total. The highest BCUT2D eigenvalue weighted by Gasteiger charge is 1.83. The number of allylic oxidation sites excluding steroid dienone is 2. The lowest BCUT2D eigenvalue weighted by Crippen LogP contribution is -1.76. The van der Waals surface area contributed by atoms with Crippen molar-refractivity contribution in [2.75, 3.05) is 0 Å². The molecule has 2 heteroatoms. The van der Waals surface area contributed by atoms with Crippen molar-refractivity contribution in [3.8, 4) is 0 Å². The molecule has 66 valence electrons.